The predicted molar refractivity (Wildman–Crippen MR) is 77.9 cm³/mol. The van der Waals surface area contributed by atoms with Crippen molar-refractivity contribution in [1.82, 2.24) is 4.31 Å². The lowest BCUT2D eigenvalue weighted by molar-refractivity contribution is 0.369. The summed E-state index contributed by atoms with van der Waals surface area (Å²) in [7, 11) is -1.93. The average molecular weight is 335 g/mol. The minimum Gasteiger partial charge on any atom is -0.398 e. The minimum absolute atomic E-state index is 0.0388. The van der Waals surface area contributed by atoms with Crippen LogP contribution in [0.15, 0.2) is 27.6 Å². The summed E-state index contributed by atoms with van der Waals surface area (Å²) in [6, 6.07) is 4.78. The van der Waals surface area contributed by atoms with Crippen LogP contribution < -0.4 is 5.73 Å². The first-order chi connectivity index (χ1) is 8.30. The first kappa shape index (κ1) is 15.5. The van der Waals surface area contributed by atoms with E-state index < -0.39 is 10.0 Å². The van der Waals surface area contributed by atoms with Gasteiger partial charge in [0.1, 0.15) is 4.90 Å². The van der Waals surface area contributed by atoms with Crippen LogP contribution in [0.1, 0.15) is 26.7 Å². The molecule has 0 aliphatic heterocycles. The van der Waals surface area contributed by atoms with Crippen molar-refractivity contribution in [3.05, 3.63) is 22.7 Å². The molecule has 6 heteroatoms. The molecule has 0 aromatic heterocycles. The van der Waals surface area contributed by atoms with Gasteiger partial charge in [-0.05, 0) is 31.5 Å². The van der Waals surface area contributed by atoms with Crippen LogP contribution in [0.4, 0.5) is 5.69 Å². The van der Waals surface area contributed by atoms with Gasteiger partial charge in [0.05, 0.1) is 5.69 Å². The number of sulfonamides is 1. The number of nitrogen functional groups attached to an aromatic ring is 1. The predicted octanol–water partition coefficient (Wildman–Crippen LogP) is 2.84. The number of anilines is 1. The maximum absolute atomic E-state index is 12.4. The van der Waals surface area contributed by atoms with Crippen molar-refractivity contribution in [3.63, 3.8) is 0 Å². The van der Waals surface area contributed by atoms with Crippen molar-refractivity contribution in [2.75, 3.05) is 12.8 Å². The number of hydrogen-bond acceptors (Lipinski definition) is 3. The van der Waals surface area contributed by atoms with Crippen molar-refractivity contribution in [1.29, 1.82) is 0 Å². The van der Waals surface area contributed by atoms with E-state index in [-0.39, 0.29) is 16.6 Å². The molecule has 1 aromatic rings. The van der Waals surface area contributed by atoms with E-state index in [2.05, 4.69) is 15.9 Å². The third-order valence-electron chi connectivity index (χ3n) is 2.96. The third-order valence-corrected chi connectivity index (χ3v) is 5.50. The van der Waals surface area contributed by atoms with Crippen LogP contribution in [0.25, 0.3) is 0 Å². The highest BCUT2D eigenvalue weighted by molar-refractivity contribution is 9.10. The second-order valence-electron chi connectivity index (χ2n) is 4.34. The second-order valence-corrected chi connectivity index (χ2v) is 7.22. The summed E-state index contributed by atoms with van der Waals surface area (Å²) < 4.78 is 27.0. The monoisotopic (exact) mass is 334 g/mol. The average Bonchev–Trinajstić information content (AvgIpc) is 2.27. The number of halogens is 1. The largest absolute Gasteiger partial charge is 0.398 e. The van der Waals surface area contributed by atoms with Gasteiger partial charge in [0.25, 0.3) is 0 Å². The summed E-state index contributed by atoms with van der Waals surface area (Å²) in [4.78, 5) is 0.163. The molecule has 1 unspecified atom stereocenters. The van der Waals surface area contributed by atoms with E-state index in [1.54, 1.807) is 19.2 Å². The molecular weight excluding hydrogens is 316 g/mol. The summed E-state index contributed by atoms with van der Waals surface area (Å²) >= 11 is 3.27. The molecule has 0 fully saturated rings. The van der Waals surface area contributed by atoms with Crippen LogP contribution in [-0.4, -0.2) is 25.8 Å². The normalized spacial score (nSPS) is 13.8. The quantitative estimate of drug-likeness (QED) is 0.842. The van der Waals surface area contributed by atoms with E-state index >= 15 is 0 Å². The molecule has 1 rings (SSSR count). The van der Waals surface area contributed by atoms with Gasteiger partial charge in [-0.3, -0.25) is 0 Å². The molecule has 2 N–H and O–H groups in total. The van der Waals surface area contributed by atoms with Crippen molar-refractivity contribution in [2.24, 2.45) is 0 Å². The van der Waals surface area contributed by atoms with E-state index in [0.29, 0.717) is 0 Å². The zero-order valence-electron chi connectivity index (χ0n) is 10.9. The highest BCUT2D eigenvalue weighted by Gasteiger charge is 2.26. The Bertz CT molecular complexity index is 517. The van der Waals surface area contributed by atoms with Crippen LogP contribution in [0.2, 0.25) is 0 Å². The Morgan fingerprint density at radius 3 is 2.56 bits per heavy atom. The molecule has 0 saturated carbocycles. The molecular formula is C12H19BrN2O2S. The number of benzene rings is 1. The van der Waals surface area contributed by atoms with Gasteiger partial charge in [0.15, 0.2) is 0 Å². The Kier molecular flexibility index (Phi) is 5.19. The summed E-state index contributed by atoms with van der Waals surface area (Å²) in [6.45, 7) is 3.93. The summed E-state index contributed by atoms with van der Waals surface area (Å²) in [5.41, 5.74) is 6.05. The molecule has 0 heterocycles. The van der Waals surface area contributed by atoms with Gasteiger partial charge < -0.3 is 5.73 Å². The number of nitrogens with two attached hydrogens (primary N) is 1. The molecule has 0 amide bonds. The first-order valence-corrected chi connectivity index (χ1v) is 8.07. The molecule has 1 atom stereocenters. The smallest absolute Gasteiger partial charge is 0.245 e. The molecule has 0 bridgehead atoms. The molecule has 0 saturated heterocycles. The van der Waals surface area contributed by atoms with E-state index in [0.717, 1.165) is 17.3 Å². The van der Waals surface area contributed by atoms with Crippen LogP contribution in [-0.2, 0) is 10.0 Å². The number of rotatable bonds is 5. The van der Waals surface area contributed by atoms with E-state index in [1.165, 1.54) is 10.4 Å². The Hall–Kier alpha value is -0.590. The fourth-order valence-corrected chi connectivity index (χ4v) is 3.61. The highest BCUT2D eigenvalue weighted by atomic mass is 79.9. The zero-order chi connectivity index (χ0) is 13.9. The highest BCUT2D eigenvalue weighted by Crippen LogP contribution is 2.26. The lowest BCUT2D eigenvalue weighted by atomic mass is 10.2. The molecule has 4 nitrogen and oxygen atoms in total. The summed E-state index contributed by atoms with van der Waals surface area (Å²) in [5, 5.41) is 0. The van der Waals surface area contributed by atoms with Crippen molar-refractivity contribution in [3.8, 4) is 0 Å². The maximum atomic E-state index is 12.4. The van der Waals surface area contributed by atoms with Crippen LogP contribution in [0.5, 0.6) is 0 Å². The Morgan fingerprint density at radius 2 is 2.06 bits per heavy atom. The molecule has 102 valence electrons. The molecule has 0 spiro atoms. The van der Waals surface area contributed by atoms with Gasteiger partial charge in [-0.15, -0.1) is 0 Å². The van der Waals surface area contributed by atoms with Crippen LogP contribution in [0.3, 0.4) is 0 Å². The van der Waals surface area contributed by atoms with E-state index in [4.69, 9.17) is 5.73 Å². The Labute approximate surface area is 117 Å². The van der Waals surface area contributed by atoms with Crippen molar-refractivity contribution < 1.29 is 8.42 Å². The molecule has 0 aliphatic rings. The fourth-order valence-electron chi connectivity index (χ4n) is 1.75. The number of nitrogens with zero attached hydrogens (tertiary/aromatic N) is 1. The standard InChI is InChI=1S/C12H19BrN2O2S/c1-4-5-9(2)15(3)18(16,17)12-7-6-10(13)8-11(12)14/h6-9H,4-5,14H2,1-3H3. The number of hydrogen-bond donors (Lipinski definition) is 1. The fraction of sp³-hybridized carbons (Fsp3) is 0.500. The first-order valence-electron chi connectivity index (χ1n) is 5.83. The van der Waals surface area contributed by atoms with E-state index in [9.17, 15) is 8.42 Å². The van der Waals surface area contributed by atoms with Gasteiger partial charge >= 0.3 is 0 Å². The van der Waals surface area contributed by atoms with Gasteiger partial charge in [-0.1, -0.05) is 29.3 Å². The topological polar surface area (TPSA) is 63.4 Å². The van der Waals surface area contributed by atoms with E-state index in [1.807, 2.05) is 13.8 Å². The zero-order valence-corrected chi connectivity index (χ0v) is 13.3. The van der Waals surface area contributed by atoms with Crippen LogP contribution in [0, 0.1) is 0 Å². The molecule has 0 radical (unpaired) electrons. The Balaban J connectivity index is 3.13. The van der Waals surface area contributed by atoms with Crippen molar-refractivity contribution in [2.45, 2.75) is 37.6 Å². The SMILES string of the molecule is CCCC(C)N(C)S(=O)(=O)c1ccc(Br)cc1N. The summed E-state index contributed by atoms with van der Waals surface area (Å²) in [6.07, 6.45) is 1.77. The molecule has 18 heavy (non-hydrogen) atoms. The maximum Gasteiger partial charge on any atom is 0.245 e. The van der Waals surface area contributed by atoms with Gasteiger partial charge in [-0.25, -0.2) is 8.42 Å². The lowest BCUT2D eigenvalue weighted by Gasteiger charge is -2.24. The molecule has 0 aliphatic carbocycles. The van der Waals surface area contributed by atoms with Gasteiger partial charge in [0.2, 0.25) is 10.0 Å². The van der Waals surface area contributed by atoms with Gasteiger partial charge in [-0.2, -0.15) is 4.31 Å². The van der Waals surface area contributed by atoms with Crippen molar-refractivity contribution >= 4 is 31.6 Å². The second kappa shape index (κ2) is 6.04. The third kappa shape index (κ3) is 3.24. The lowest BCUT2D eigenvalue weighted by Crippen LogP contribution is -2.35. The molecule has 1 aromatic carbocycles. The Morgan fingerprint density at radius 1 is 1.44 bits per heavy atom. The van der Waals surface area contributed by atoms with Crippen LogP contribution >= 0.6 is 15.9 Å². The minimum atomic E-state index is -3.52. The summed E-state index contributed by atoms with van der Waals surface area (Å²) in [5.74, 6) is 0. The van der Waals surface area contributed by atoms with Gasteiger partial charge in [0, 0.05) is 17.6 Å².